The molecule has 1 aromatic rings. The summed E-state index contributed by atoms with van der Waals surface area (Å²) in [6.45, 7) is 5.55. The minimum Gasteiger partial charge on any atom is -0.311 e. The van der Waals surface area contributed by atoms with Crippen LogP contribution in [0.1, 0.15) is 31.0 Å². The van der Waals surface area contributed by atoms with Gasteiger partial charge in [-0.1, -0.05) is 13.8 Å². The molecule has 4 nitrogen and oxygen atoms in total. The molecule has 0 aliphatic carbocycles. The molecule has 2 N–H and O–H groups in total. The highest BCUT2D eigenvalue weighted by molar-refractivity contribution is 5.17. The van der Waals surface area contributed by atoms with Gasteiger partial charge in [-0.3, -0.25) is 9.78 Å². The number of nitrogens with one attached hydrogen (secondary N) is 2. The molecule has 1 aromatic heterocycles. The number of aromatic nitrogens is 2. The van der Waals surface area contributed by atoms with Gasteiger partial charge >= 0.3 is 5.69 Å². The van der Waals surface area contributed by atoms with E-state index in [1.807, 2.05) is 13.8 Å². The molecule has 0 spiro atoms. The quantitative estimate of drug-likeness (QED) is 0.641. The molecular formula is C8H12N2O2. The zero-order valence-electron chi connectivity index (χ0n) is 7.39. The Kier molecular flexibility index (Phi) is 2.17. The van der Waals surface area contributed by atoms with Crippen LogP contribution >= 0.6 is 0 Å². The van der Waals surface area contributed by atoms with Crippen molar-refractivity contribution in [1.29, 1.82) is 0 Å². The van der Waals surface area contributed by atoms with E-state index in [1.54, 1.807) is 6.92 Å². The van der Waals surface area contributed by atoms with E-state index in [1.165, 1.54) is 0 Å². The van der Waals surface area contributed by atoms with Crippen LogP contribution in [0.2, 0.25) is 0 Å². The Morgan fingerprint density at radius 3 is 2.17 bits per heavy atom. The van der Waals surface area contributed by atoms with Gasteiger partial charge in [-0.2, -0.15) is 0 Å². The first-order valence-corrected chi connectivity index (χ1v) is 3.85. The summed E-state index contributed by atoms with van der Waals surface area (Å²) in [7, 11) is 0. The third-order valence-electron chi connectivity index (χ3n) is 1.75. The Morgan fingerprint density at radius 1 is 1.17 bits per heavy atom. The molecule has 1 rings (SSSR count). The van der Waals surface area contributed by atoms with E-state index < -0.39 is 5.69 Å². The molecule has 12 heavy (non-hydrogen) atoms. The first-order valence-electron chi connectivity index (χ1n) is 3.85. The molecule has 0 aromatic carbocycles. The number of H-pyrrole nitrogens is 2. The van der Waals surface area contributed by atoms with Crippen molar-refractivity contribution in [2.75, 3.05) is 0 Å². The molecule has 0 aliphatic rings. The maximum absolute atomic E-state index is 11.2. The molecule has 0 bridgehead atoms. The summed E-state index contributed by atoms with van der Waals surface area (Å²) in [5, 5.41) is 0. The molecule has 0 radical (unpaired) electrons. The molecular weight excluding hydrogens is 156 g/mol. The van der Waals surface area contributed by atoms with Gasteiger partial charge in [-0.05, 0) is 12.8 Å². The van der Waals surface area contributed by atoms with E-state index in [9.17, 15) is 9.59 Å². The number of hydrogen-bond acceptors (Lipinski definition) is 2. The predicted molar refractivity (Wildman–Crippen MR) is 46.5 cm³/mol. The second kappa shape index (κ2) is 2.97. The molecule has 0 aliphatic heterocycles. The molecule has 4 heteroatoms. The van der Waals surface area contributed by atoms with Crippen LogP contribution in [0.15, 0.2) is 9.59 Å². The second-order valence-electron chi connectivity index (χ2n) is 3.10. The first-order chi connectivity index (χ1) is 5.52. The number of rotatable bonds is 1. The highest BCUT2D eigenvalue weighted by Crippen LogP contribution is 2.09. The summed E-state index contributed by atoms with van der Waals surface area (Å²) < 4.78 is 0. The van der Waals surface area contributed by atoms with Crippen LogP contribution in [0.3, 0.4) is 0 Å². The van der Waals surface area contributed by atoms with E-state index >= 15 is 0 Å². The van der Waals surface area contributed by atoms with Gasteiger partial charge in [-0.15, -0.1) is 0 Å². The van der Waals surface area contributed by atoms with Crippen LogP contribution in [0.4, 0.5) is 0 Å². The maximum atomic E-state index is 11.2. The van der Waals surface area contributed by atoms with Crippen molar-refractivity contribution in [3.63, 3.8) is 0 Å². The highest BCUT2D eigenvalue weighted by Gasteiger charge is 2.08. The van der Waals surface area contributed by atoms with Gasteiger partial charge < -0.3 is 4.98 Å². The van der Waals surface area contributed by atoms with E-state index in [0.29, 0.717) is 11.3 Å². The van der Waals surface area contributed by atoms with Crippen molar-refractivity contribution < 1.29 is 0 Å². The van der Waals surface area contributed by atoms with Gasteiger partial charge in [0.2, 0.25) is 0 Å². The first kappa shape index (κ1) is 8.77. The minimum absolute atomic E-state index is 0.130. The second-order valence-corrected chi connectivity index (χ2v) is 3.10. The van der Waals surface area contributed by atoms with Gasteiger partial charge in [-0.25, -0.2) is 4.79 Å². The van der Waals surface area contributed by atoms with Gasteiger partial charge in [0.15, 0.2) is 0 Å². The Hall–Kier alpha value is -1.32. The summed E-state index contributed by atoms with van der Waals surface area (Å²) in [4.78, 5) is 26.7. The van der Waals surface area contributed by atoms with E-state index in [2.05, 4.69) is 9.97 Å². The molecule has 0 unspecified atom stereocenters. The van der Waals surface area contributed by atoms with E-state index in [-0.39, 0.29) is 11.5 Å². The summed E-state index contributed by atoms with van der Waals surface area (Å²) in [5.74, 6) is 0.130. The minimum atomic E-state index is -0.443. The number of hydrogen-bond donors (Lipinski definition) is 2. The van der Waals surface area contributed by atoms with E-state index in [4.69, 9.17) is 0 Å². The normalized spacial score (nSPS) is 10.7. The Bertz CT molecular complexity index is 387. The average molecular weight is 168 g/mol. The van der Waals surface area contributed by atoms with Crippen LogP contribution in [0, 0.1) is 6.92 Å². The summed E-state index contributed by atoms with van der Waals surface area (Å²) >= 11 is 0. The summed E-state index contributed by atoms with van der Waals surface area (Å²) in [6.07, 6.45) is 0. The zero-order chi connectivity index (χ0) is 9.30. The third-order valence-corrected chi connectivity index (χ3v) is 1.75. The third kappa shape index (κ3) is 1.47. The maximum Gasteiger partial charge on any atom is 0.325 e. The lowest BCUT2D eigenvalue weighted by Crippen LogP contribution is -2.27. The SMILES string of the molecule is Cc1[nH]c(=O)[nH]c(=O)c1C(C)C. The fourth-order valence-electron chi connectivity index (χ4n) is 1.30. The molecule has 0 saturated heterocycles. The zero-order valence-corrected chi connectivity index (χ0v) is 7.39. The van der Waals surface area contributed by atoms with Crippen molar-refractivity contribution in [2.45, 2.75) is 26.7 Å². The topological polar surface area (TPSA) is 65.7 Å². The molecule has 1 heterocycles. The van der Waals surface area contributed by atoms with E-state index in [0.717, 1.165) is 0 Å². The van der Waals surface area contributed by atoms with Crippen molar-refractivity contribution in [1.82, 2.24) is 9.97 Å². The van der Waals surface area contributed by atoms with Crippen LogP contribution in [-0.4, -0.2) is 9.97 Å². The Labute approximate surface area is 69.7 Å². The predicted octanol–water partition coefficient (Wildman–Crippen LogP) is 0.495. The van der Waals surface area contributed by atoms with Crippen molar-refractivity contribution in [3.05, 3.63) is 32.1 Å². The largest absolute Gasteiger partial charge is 0.325 e. The van der Waals surface area contributed by atoms with Gasteiger partial charge in [0.25, 0.3) is 5.56 Å². The molecule has 0 amide bonds. The fraction of sp³-hybridized carbons (Fsp3) is 0.500. The Balaban J connectivity index is 3.49. The summed E-state index contributed by atoms with van der Waals surface area (Å²) in [6, 6.07) is 0. The standard InChI is InChI=1S/C8H12N2O2/c1-4(2)6-5(3)9-8(12)10-7(6)11/h4H,1-3H3,(H2,9,10,11,12). The van der Waals surface area contributed by atoms with Crippen LogP contribution in [-0.2, 0) is 0 Å². The van der Waals surface area contributed by atoms with Crippen molar-refractivity contribution >= 4 is 0 Å². The molecule has 0 fully saturated rings. The monoisotopic (exact) mass is 168 g/mol. The van der Waals surface area contributed by atoms with Crippen molar-refractivity contribution in [2.24, 2.45) is 0 Å². The highest BCUT2D eigenvalue weighted by atomic mass is 16.2. The average Bonchev–Trinajstić information content (AvgIpc) is 1.82. The van der Waals surface area contributed by atoms with Crippen LogP contribution in [0.5, 0.6) is 0 Å². The fourth-order valence-corrected chi connectivity index (χ4v) is 1.30. The van der Waals surface area contributed by atoms with Gasteiger partial charge in [0, 0.05) is 11.3 Å². The number of aromatic amines is 2. The molecule has 66 valence electrons. The smallest absolute Gasteiger partial charge is 0.311 e. The van der Waals surface area contributed by atoms with Crippen LogP contribution < -0.4 is 11.2 Å². The lowest BCUT2D eigenvalue weighted by atomic mass is 10.0. The lowest BCUT2D eigenvalue weighted by molar-refractivity contribution is 0.801. The summed E-state index contributed by atoms with van der Waals surface area (Å²) in [5.41, 5.74) is 0.571. The molecule has 0 saturated carbocycles. The lowest BCUT2D eigenvalue weighted by Gasteiger charge is -2.05. The van der Waals surface area contributed by atoms with Crippen LogP contribution in [0.25, 0.3) is 0 Å². The van der Waals surface area contributed by atoms with Crippen molar-refractivity contribution in [3.8, 4) is 0 Å². The molecule has 0 atom stereocenters. The van der Waals surface area contributed by atoms with Gasteiger partial charge in [0.1, 0.15) is 0 Å². The van der Waals surface area contributed by atoms with Gasteiger partial charge in [0.05, 0.1) is 0 Å². The Morgan fingerprint density at radius 2 is 1.75 bits per heavy atom. The number of aryl methyl sites for hydroxylation is 1.